The van der Waals surface area contributed by atoms with Crippen molar-refractivity contribution in [1.29, 1.82) is 0 Å². The highest BCUT2D eigenvalue weighted by molar-refractivity contribution is 5.82. The average molecular weight is 573 g/mol. The summed E-state index contributed by atoms with van der Waals surface area (Å²) in [6.07, 6.45) is 11.0. The SMILES string of the molecule is C=C1CCC=CC=C1c1cccc(Nc2cccc(C)c2)c1.Cc1cccc(Nc2cccc(-c3cccc4c3CC4)c2)c1. The number of hydrogen-bond donors (Lipinski definition) is 2. The molecule has 2 nitrogen and oxygen atoms in total. The van der Waals surface area contributed by atoms with Gasteiger partial charge in [-0.3, -0.25) is 0 Å². The summed E-state index contributed by atoms with van der Waals surface area (Å²) in [7, 11) is 0. The lowest BCUT2D eigenvalue weighted by Crippen LogP contribution is -2.09. The van der Waals surface area contributed by atoms with Crippen molar-refractivity contribution < 1.29 is 0 Å². The van der Waals surface area contributed by atoms with Crippen LogP contribution in [0, 0.1) is 13.8 Å². The maximum absolute atomic E-state index is 4.23. The van der Waals surface area contributed by atoms with Crippen molar-refractivity contribution >= 4 is 28.3 Å². The van der Waals surface area contributed by atoms with E-state index in [2.05, 4.69) is 165 Å². The summed E-state index contributed by atoms with van der Waals surface area (Å²) in [6.45, 7) is 8.45. The predicted molar refractivity (Wildman–Crippen MR) is 190 cm³/mol. The van der Waals surface area contributed by atoms with Crippen LogP contribution < -0.4 is 10.6 Å². The summed E-state index contributed by atoms with van der Waals surface area (Å²) >= 11 is 0. The van der Waals surface area contributed by atoms with Crippen LogP contribution >= 0.6 is 0 Å². The summed E-state index contributed by atoms with van der Waals surface area (Å²) in [6, 6.07) is 40.8. The summed E-state index contributed by atoms with van der Waals surface area (Å²) in [5.74, 6) is 0. The Balaban J connectivity index is 0.000000156. The second-order valence-electron chi connectivity index (χ2n) is 11.7. The van der Waals surface area contributed by atoms with Crippen molar-refractivity contribution in [2.75, 3.05) is 10.6 Å². The molecule has 0 heterocycles. The monoisotopic (exact) mass is 572 g/mol. The predicted octanol–water partition coefficient (Wildman–Crippen LogP) is 11.5. The molecule has 0 saturated carbocycles. The van der Waals surface area contributed by atoms with E-state index in [0.717, 1.165) is 35.6 Å². The summed E-state index contributed by atoms with van der Waals surface area (Å²) in [5, 5.41) is 6.99. The lowest BCUT2D eigenvalue weighted by molar-refractivity contribution is 0.842. The Kier molecular flexibility index (Phi) is 8.89. The number of fused-ring (bicyclic) bond motifs is 1. The van der Waals surface area contributed by atoms with Gasteiger partial charge in [0.1, 0.15) is 0 Å². The zero-order valence-corrected chi connectivity index (χ0v) is 25.7. The van der Waals surface area contributed by atoms with E-state index in [1.165, 1.54) is 62.9 Å². The Bertz CT molecular complexity index is 1860. The molecular formula is C42H40N2. The maximum atomic E-state index is 4.23. The number of allylic oxidation sites excluding steroid dienone is 5. The van der Waals surface area contributed by atoms with Crippen molar-refractivity contribution in [1.82, 2.24) is 0 Å². The van der Waals surface area contributed by atoms with Gasteiger partial charge in [-0.05, 0) is 138 Å². The smallest absolute Gasteiger partial charge is 0.0390 e. The Morgan fingerprint density at radius 1 is 0.568 bits per heavy atom. The van der Waals surface area contributed by atoms with Gasteiger partial charge in [0.2, 0.25) is 0 Å². The van der Waals surface area contributed by atoms with Gasteiger partial charge in [-0.2, -0.15) is 0 Å². The standard InChI is InChI=1S/C21H19N.C21H21N/c1-15-5-2-8-18(13-15)22-19-9-3-7-17(14-19)20-10-4-6-16-11-12-21(16)20;1-16-8-6-11-19(14-16)22-20-12-7-10-18(15-20)21-13-5-3-4-9-17(21)2/h2-10,13-14,22H,11-12H2,1H3;3,5-8,10-15,22H,2,4,9H2,1H3. The van der Waals surface area contributed by atoms with Crippen LogP contribution in [-0.4, -0.2) is 0 Å². The van der Waals surface area contributed by atoms with Crippen molar-refractivity contribution in [3.63, 3.8) is 0 Å². The minimum Gasteiger partial charge on any atom is -0.356 e. The second kappa shape index (κ2) is 13.5. The first-order valence-electron chi connectivity index (χ1n) is 15.6. The van der Waals surface area contributed by atoms with Gasteiger partial charge in [0.05, 0.1) is 0 Å². The van der Waals surface area contributed by atoms with Crippen LogP contribution in [0.25, 0.3) is 16.7 Å². The molecule has 0 saturated heterocycles. The van der Waals surface area contributed by atoms with Crippen molar-refractivity contribution in [2.45, 2.75) is 39.5 Å². The summed E-state index contributed by atoms with van der Waals surface area (Å²) in [5.41, 5.74) is 16.4. The third-order valence-electron chi connectivity index (χ3n) is 8.27. The van der Waals surface area contributed by atoms with Crippen LogP contribution in [-0.2, 0) is 12.8 Å². The molecule has 7 rings (SSSR count). The summed E-state index contributed by atoms with van der Waals surface area (Å²) in [4.78, 5) is 0. The first-order chi connectivity index (χ1) is 21.5. The van der Waals surface area contributed by atoms with E-state index in [-0.39, 0.29) is 0 Å². The molecule has 2 aliphatic carbocycles. The molecule has 0 unspecified atom stereocenters. The Morgan fingerprint density at radius 3 is 1.75 bits per heavy atom. The zero-order valence-electron chi connectivity index (χ0n) is 25.7. The highest BCUT2D eigenvalue weighted by atomic mass is 14.9. The fourth-order valence-corrected chi connectivity index (χ4v) is 5.90. The third-order valence-corrected chi connectivity index (χ3v) is 8.27. The molecule has 5 aromatic carbocycles. The van der Waals surface area contributed by atoms with E-state index in [1.54, 1.807) is 0 Å². The topological polar surface area (TPSA) is 24.1 Å². The lowest BCUT2D eigenvalue weighted by Gasteiger charge is -2.22. The van der Waals surface area contributed by atoms with Crippen LogP contribution in [0.1, 0.15) is 40.7 Å². The molecule has 0 aliphatic heterocycles. The number of anilines is 4. The molecule has 2 aliphatic rings. The molecule has 0 fully saturated rings. The highest BCUT2D eigenvalue weighted by Gasteiger charge is 2.17. The Labute approximate surface area is 262 Å². The van der Waals surface area contributed by atoms with Gasteiger partial charge < -0.3 is 10.6 Å². The number of nitrogens with one attached hydrogen (secondary N) is 2. The van der Waals surface area contributed by atoms with Crippen LogP contribution in [0.15, 0.2) is 146 Å². The molecular weight excluding hydrogens is 532 g/mol. The molecule has 0 radical (unpaired) electrons. The van der Waals surface area contributed by atoms with E-state index in [0.29, 0.717) is 0 Å². The largest absolute Gasteiger partial charge is 0.356 e. The number of rotatable bonds is 6. The first-order valence-corrected chi connectivity index (χ1v) is 15.6. The molecule has 2 N–H and O–H groups in total. The van der Waals surface area contributed by atoms with Crippen LogP contribution in [0.2, 0.25) is 0 Å². The van der Waals surface area contributed by atoms with E-state index in [4.69, 9.17) is 0 Å². The second-order valence-corrected chi connectivity index (χ2v) is 11.7. The van der Waals surface area contributed by atoms with E-state index in [9.17, 15) is 0 Å². The van der Waals surface area contributed by atoms with Gasteiger partial charge in [0, 0.05) is 22.7 Å². The van der Waals surface area contributed by atoms with Gasteiger partial charge in [-0.25, -0.2) is 0 Å². The number of benzene rings is 5. The molecule has 0 atom stereocenters. The van der Waals surface area contributed by atoms with Gasteiger partial charge in [-0.15, -0.1) is 0 Å². The van der Waals surface area contributed by atoms with Crippen molar-refractivity contribution in [3.8, 4) is 11.1 Å². The molecule has 5 aromatic rings. The molecule has 218 valence electrons. The minimum absolute atomic E-state index is 1.03. The first kappa shape index (κ1) is 29.0. The molecule has 0 aromatic heterocycles. The molecule has 2 heteroatoms. The van der Waals surface area contributed by atoms with E-state index < -0.39 is 0 Å². The van der Waals surface area contributed by atoms with Gasteiger partial charge >= 0.3 is 0 Å². The van der Waals surface area contributed by atoms with Crippen LogP contribution in [0.5, 0.6) is 0 Å². The molecule has 0 spiro atoms. The molecule has 0 bridgehead atoms. The van der Waals surface area contributed by atoms with E-state index in [1.807, 2.05) is 0 Å². The fourth-order valence-electron chi connectivity index (χ4n) is 5.90. The zero-order chi connectivity index (χ0) is 30.3. The van der Waals surface area contributed by atoms with Gasteiger partial charge in [-0.1, -0.05) is 91.5 Å². The van der Waals surface area contributed by atoms with Crippen LogP contribution in [0.3, 0.4) is 0 Å². The van der Waals surface area contributed by atoms with Crippen LogP contribution in [0.4, 0.5) is 22.7 Å². The molecule has 0 amide bonds. The summed E-state index contributed by atoms with van der Waals surface area (Å²) < 4.78 is 0. The number of hydrogen-bond acceptors (Lipinski definition) is 2. The quantitative estimate of drug-likeness (QED) is 0.211. The Hall–Kier alpha value is -5.08. The Morgan fingerprint density at radius 2 is 1.14 bits per heavy atom. The van der Waals surface area contributed by atoms with Crippen molar-refractivity contribution in [2.24, 2.45) is 0 Å². The van der Waals surface area contributed by atoms with Gasteiger partial charge in [0.25, 0.3) is 0 Å². The normalized spacial score (nSPS) is 13.4. The van der Waals surface area contributed by atoms with E-state index >= 15 is 0 Å². The lowest BCUT2D eigenvalue weighted by atomic mass is 9.82. The fraction of sp³-hybridized carbons (Fsp3) is 0.143. The minimum atomic E-state index is 1.03. The highest BCUT2D eigenvalue weighted by Crippen LogP contribution is 2.35. The van der Waals surface area contributed by atoms with Gasteiger partial charge in [0.15, 0.2) is 0 Å². The third kappa shape index (κ3) is 7.10. The average Bonchev–Trinajstić information content (AvgIpc) is 3.22. The number of aryl methyl sites for hydroxylation is 3. The van der Waals surface area contributed by atoms with Crippen molar-refractivity contribution in [3.05, 3.63) is 173 Å². The molecule has 44 heavy (non-hydrogen) atoms. The maximum Gasteiger partial charge on any atom is 0.0390 e.